The van der Waals surface area contributed by atoms with Crippen molar-refractivity contribution in [2.24, 2.45) is 16.8 Å². The molecule has 3 nitrogen and oxygen atoms in total. The number of likely N-dealkylation sites (tertiary alicyclic amines) is 1. The molecule has 0 unspecified atom stereocenters. The van der Waals surface area contributed by atoms with Crippen molar-refractivity contribution in [2.75, 3.05) is 33.2 Å². The van der Waals surface area contributed by atoms with Crippen LogP contribution in [0, 0.1) is 11.8 Å². The summed E-state index contributed by atoms with van der Waals surface area (Å²) in [5, 5.41) is 3.47. The van der Waals surface area contributed by atoms with Crippen molar-refractivity contribution < 1.29 is 0 Å². The molecule has 4 rings (SSSR count). The Balaban J connectivity index is 0.00000103. The van der Waals surface area contributed by atoms with Gasteiger partial charge in [-0.15, -0.1) is 0 Å². The summed E-state index contributed by atoms with van der Waals surface area (Å²) in [7, 11) is 1.93. The standard InChI is InChI=1S/C28H39N3.2C2H6/c1-4-22-8-6-7-9-25(22)24-15-18-31(19-16-24)20-21-10-12-23(13-11-21)26-14-17-30-27(5-2)28(26)29-3;2*1-2/h4-9,14,21,23-24,30H,1,10-13,15-20H2,2-3H3;2*1-2H3/b27-5+,29-28?;;. The summed E-state index contributed by atoms with van der Waals surface area (Å²) >= 11 is 0. The van der Waals surface area contributed by atoms with Crippen molar-refractivity contribution in [3.05, 3.63) is 65.4 Å². The van der Waals surface area contributed by atoms with E-state index in [1.165, 1.54) is 86.3 Å². The first-order chi connectivity index (χ1) is 17.2. The summed E-state index contributed by atoms with van der Waals surface area (Å²) in [5.41, 5.74) is 6.72. The number of piperidine rings is 1. The maximum absolute atomic E-state index is 4.62. The van der Waals surface area contributed by atoms with Crippen molar-refractivity contribution in [1.82, 2.24) is 10.2 Å². The maximum atomic E-state index is 4.62. The molecule has 1 N–H and O–H groups in total. The molecule has 1 aliphatic carbocycles. The maximum Gasteiger partial charge on any atom is 0.0831 e. The van der Waals surface area contributed by atoms with Crippen LogP contribution in [-0.4, -0.2) is 43.8 Å². The second kappa shape index (κ2) is 15.8. The Morgan fingerprint density at radius 1 is 0.971 bits per heavy atom. The lowest BCUT2D eigenvalue weighted by atomic mass is 9.75. The molecule has 194 valence electrons. The molecule has 2 fully saturated rings. The van der Waals surface area contributed by atoms with Crippen LogP contribution in [0.1, 0.15) is 90.2 Å². The largest absolute Gasteiger partial charge is 0.380 e. The first-order valence-electron chi connectivity index (χ1n) is 14.2. The van der Waals surface area contributed by atoms with Crippen LogP contribution >= 0.6 is 0 Å². The van der Waals surface area contributed by atoms with Crippen molar-refractivity contribution in [2.45, 2.75) is 79.1 Å². The van der Waals surface area contributed by atoms with E-state index >= 15 is 0 Å². The van der Waals surface area contributed by atoms with Crippen LogP contribution in [0.3, 0.4) is 0 Å². The van der Waals surface area contributed by atoms with E-state index in [4.69, 9.17) is 0 Å². The first kappa shape index (κ1) is 29.1. The lowest BCUT2D eigenvalue weighted by Gasteiger charge is -2.38. The van der Waals surface area contributed by atoms with Gasteiger partial charge in [-0.1, -0.05) is 76.8 Å². The number of hydrogen-bond acceptors (Lipinski definition) is 3. The minimum atomic E-state index is 0.688. The predicted octanol–water partition coefficient (Wildman–Crippen LogP) is 7.87. The summed E-state index contributed by atoms with van der Waals surface area (Å²) < 4.78 is 0. The fourth-order valence-electron chi connectivity index (χ4n) is 5.97. The molecule has 2 aliphatic heterocycles. The number of benzene rings is 1. The van der Waals surface area contributed by atoms with Crippen LogP contribution in [0.5, 0.6) is 0 Å². The minimum Gasteiger partial charge on any atom is -0.380 e. The van der Waals surface area contributed by atoms with Gasteiger partial charge in [0.1, 0.15) is 0 Å². The number of rotatable bonds is 5. The monoisotopic (exact) mass is 477 g/mol. The number of nitrogens with zero attached hydrogens (tertiary/aromatic N) is 2. The van der Waals surface area contributed by atoms with Crippen molar-refractivity contribution >= 4 is 11.8 Å². The Morgan fingerprint density at radius 2 is 1.63 bits per heavy atom. The lowest BCUT2D eigenvalue weighted by Crippen LogP contribution is -2.38. The Morgan fingerprint density at radius 3 is 2.23 bits per heavy atom. The molecular formula is C32H51N3. The molecular weight excluding hydrogens is 426 g/mol. The molecule has 0 bridgehead atoms. The summed E-state index contributed by atoms with van der Waals surface area (Å²) in [6.07, 6.45) is 14.5. The molecule has 3 heteroatoms. The van der Waals surface area contributed by atoms with Crippen molar-refractivity contribution in [3.8, 4) is 0 Å². The molecule has 0 aromatic heterocycles. The van der Waals surface area contributed by atoms with Crippen molar-refractivity contribution in [3.63, 3.8) is 0 Å². The smallest absolute Gasteiger partial charge is 0.0831 e. The third-order valence-corrected chi connectivity index (χ3v) is 7.70. The van der Waals surface area contributed by atoms with Crippen molar-refractivity contribution in [1.29, 1.82) is 0 Å². The number of aliphatic imine (C=N–C) groups is 1. The van der Waals surface area contributed by atoms with E-state index < -0.39 is 0 Å². The number of hydrogen-bond donors (Lipinski definition) is 1. The van der Waals surface area contributed by atoms with Gasteiger partial charge in [-0.2, -0.15) is 0 Å². The number of allylic oxidation sites excluding steroid dienone is 2. The van der Waals surface area contributed by atoms with Gasteiger partial charge in [0, 0.05) is 20.1 Å². The van der Waals surface area contributed by atoms with Crippen LogP contribution in [0.25, 0.3) is 6.08 Å². The second-order valence-electron chi connectivity index (χ2n) is 9.44. The zero-order valence-corrected chi connectivity index (χ0v) is 23.4. The van der Waals surface area contributed by atoms with E-state index in [0.29, 0.717) is 11.8 Å². The third-order valence-electron chi connectivity index (χ3n) is 7.70. The fraction of sp³-hybridized carbons (Fsp3) is 0.594. The minimum absolute atomic E-state index is 0.688. The molecule has 1 saturated carbocycles. The summed E-state index contributed by atoms with van der Waals surface area (Å²) in [6.45, 7) is 18.8. The van der Waals surface area contributed by atoms with E-state index in [-0.39, 0.29) is 0 Å². The predicted molar refractivity (Wildman–Crippen MR) is 156 cm³/mol. The Labute approximate surface area is 216 Å². The Hall–Kier alpha value is -2.13. The SMILES string of the molecule is C=Cc1ccccc1C1CCN(CC2CCC(C3=CCN/C(=C/C)C3=NC)CC2)CC1.CC.CC. The summed E-state index contributed by atoms with van der Waals surface area (Å²) in [5.74, 6) is 2.24. The van der Waals surface area contributed by atoms with Crippen LogP contribution < -0.4 is 5.32 Å². The average molecular weight is 478 g/mol. The first-order valence-corrected chi connectivity index (χ1v) is 14.2. The van der Waals surface area contributed by atoms with Gasteiger partial charge in [0.2, 0.25) is 0 Å². The molecule has 2 heterocycles. The molecule has 0 amide bonds. The average Bonchev–Trinajstić information content (AvgIpc) is 2.95. The molecule has 1 aromatic rings. The summed E-state index contributed by atoms with van der Waals surface area (Å²) in [4.78, 5) is 7.35. The van der Waals surface area contributed by atoms with Gasteiger partial charge in [-0.05, 0) is 93.0 Å². The molecule has 1 saturated heterocycles. The fourth-order valence-corrected chi connectivity index (χ4v) is 5.97. The highest BCUT2D eigenvalue weighted by molar-refractivity contribution is 6.13. The normalized spacial score (nSPS) is 25.5. The van der Waals surface area contributed by atoms with Gasteiger partial charge < -0.3 is 10.2 Å². The van der Waals surface area contributed by atoms with Crippen LogP contribution in [0.2, 0.25) is 0 Å². The highest BCUT2D eigenvalue weighted by Crippen LogP contribution is 2.37. The van der Waals surface area contributed by atoms with E-state index in [0.717, 1.165) is 12.5 Å². The van der Waals surface area contributed by atoms with E-state index in [1.807, 2.05) is 40.8 Å². The van der Waals surface area contributed by atoms with Gasteiger partial charge in [-0.3, -0.25) is 4.99 Å². The molecule has 1 aromatic carbocycles. The van der Waals surface area contributed by atoms with Gasteiger partial charge in [0.25, 0.3) is 0 Å². The lowest BCUT2D eigenvalue weighted by molar-refractivity contribution is 0.156. The highest BCUT2D eigenvalue weighted by Gasteiger charge is 2.30. The Kier molecular flexibility index (Phi) is 13.1. The molecule has 0 spiro atoms. The van der Waals surface area contributed by atoms with Gasteiger partial charge in [0.05, 0.1) is 11.4 Å². The van der Waals surface area contributed by atoms with E-state index in [1.54, 1.807) is 0 Å². The quantitative estimate of drug-likeness (QED) is 0.467. The molecule has 3 aliphatic rings. The molecule has 35 heavy (non-hydrogen) atoms. The van der Waals surface area contributed by atoms with Gasteiger partial charge in [0.15, 0.2) is 0 Å². The number of nitrogens with one attached hydrogen (secondary N) is 1. The van der Waals surface area contributed by atoms with E-state index in [9.17, 15) is 0 Å². The molecule has 0 atom stereocenters. The zero-order valence-electron chi connectivity index (χ0n) is 23.4. The molecule has 0 radical (unpaired) electrons. The second-order valence-corrected chi connectivity index (χ2v) is 9.44. The van der Waals surface area contributed by atoms with Crippen LogP contribution in [-0.2, 0) is 0 Å². The van der Waals surface area contributed by atoms with Crippen LogP contribution in [0.4, 0.5) is 0 Å². The van der Waals surface area contributed by atoms with Gasteiger partial charge >= 0.3 is 0 Å². The van der Waals surface area contributed by atoms with Crippen LogP contribution in [0.15, 0.2) is 59.3 Å². The van der Waals surface area contributed by atoms with Gasteiger partial charge in [-0.25, -0.2) is 0 Å². The summed E-state index contributed by atoms with van der Waals surface area (Å²) in [6, 6.07) is 8.82. The topological polar surface area (TPSA) is 27.6 Å². The highest BCUT2D eigenvalue weighted by atomic mass is 15.1. The zero-order chi connectivity index (χ0) is 25.6. The third kappa shape index (κ3) is 7.67. The Bertz CT molecular complexity index is 847. The van der Waals surface area contributed by atoms with E-state index in [2.05, 4.69) is 65.1 Å².